The Labute approximate surface area is 178 Å². The smallest absolute Gasteiger partial charge is 0.115 e. The topological polar surface area (TPSA) is 20.2 Å². The molecule has 0 aliphatic carbocycles. The average Bonchev–Trinajstić information content (AvgIpc) is 2.79. The Morgan fingerprint density at radius 1 is 0.483 bits per heavy atom. The Morgan fingerprint density at radius 3 is 1.41 bits per heavy atom. The van der Waals surface area contributed by atoms with Crippen molar-refractivity contribution in [3.8, 4) is 5.75 Å². The predicted molar refractivity (Wildman–Crippen MR) is 124 cm³/mol. The number of phenolic OH excluding ortho intramolecular Hbond substituents is 1. The lowest BCUT2D eigenvalue weighted by Gasteiger charge is -2.33. The van der Waals surface area contributed by atoms with E-state index in [1.807, 2.05) is 24.3 Å². The lowest BCUT2D eigenvalue weighted by molar-refractivity contribution is 0.474. The molecule has 144 valence electrons. The first kappa shape index (κ1) is 19.4. The highest BCUT2D eigenvalue weighted by Gasteiger charge is 2.32. The lowest BCUT2D eigenvalue weighted by Crippen LogP contribution is -2.18. The molecule has 2 heteroatoms. The van der Waals surface area contributed by atoms with Crippen molar-refractivity contribution in [1.82, 2.24) is 0 Å². The third kappa shape index (κ3) is 4.38. The van der Waals surface area contributed by atoms with E-state index in [0.29, 0.717) is 0 Å². The molecule has 0 aromatic heterocycles. The highest BCUT2D eigenvalue weighted by molar-refractivity contribution is 7.80. The first-order chi connectivity index (χ1) is 14.2. The van der Waals surface area contributed by atoms with Gasteiger partial charge in [0.15, 0.2) is 0 Å². The fourth-order valence-corrected chi connectivity index (χ4v) is 4.56. The van der Waals surface area contributed by atoms with E-state index < -0.39 is 0 Å². The van der Waals surface area contributed by atoms with E-state index in [1.165, 1.54) is 16.7 Å². The maximum Gasteiger partial charge on any atom is 0.115 e. The van der Waals surface area contributed by atoms with Gasteiger partial charge < -0.3 is 5.11 Å². The molecular weight excluding hydrogens is 372 g/mol. The van der Waals surface area contributed by atoms with Crippen LogP contribution in [0.3, 0.4) is 0 Å². The molecule has 0 aliphatic heterocycles. The predicted octanol–water partition coefficient (Wildman–Crippen LogP) is 6.98. The molecule has 0 bridgehead atoms. The van der Waals surface area contributed by atoms with Crippen LogP contribution in [0.15, 0.2) is 115 Å². The summed E-state index contributed by atoms with van der Waals surface area (Å²) in [4.78, 5) is 0. The van der Waals surface area contributed by atoms with Crippen LogP contribution in [0.25, 0.3) is 0 Å². The summed E-state index contributed by atoms with van der Waals surface area (Å²) < 4.78 is 0. The summed E-state index contributed by atoms with van der Waals surface area (Å²) in [7, 11) is 0. The van der Waals surface area contributed by atoms with Gasteiger partial charge in [-0.05, 0) is 34.4 Å². The largest absolute Gasteiger partial charge is 0.508 e. The van der Waals surface area contributed by atoms with Crippen molar-refractivity contribution in [3.05, 3.63) is 138 Å². The minimum Gasteiger partial charge on any atom is -0.508 e. The summed E-state index contributed by atoms with van der Waals surface area (Å²) in [6.45, 7) is 0. The zero-order valence-corrected chi connectivity index (χ0v) is 17.0. The maximum atomic E-state index is 9.84. The Bertz CT molecular complexity index is 1010. The standard InChI is InChI=1S/C27H24OS/c28-24-18-16-22(17-19-24)25(20-10-4-1-5-11-20)26(21-12-6-2-7-13-21)27(29)23-14-8-3-9-15-23/h1-19,25-29H. The Morgan fingerprint density at radius 2 is 0.897 bits per heavy atom. The Balaban J connectivity index is 1.89. The monoisotopic (exact) mass is 396 g/mol. The second-order valence-electron chi connectivity index (χ2n) is 7.27. The first-order valence-corrected chi connectivity index (χ1v) is 10.4. The van der Waals surface area contributed by atoms with Crippen molar-refractivity contribution in [3.63, 3.8) is 0 Å². The zero-order chi connectivity index (χ0) is 20.1. The summed E-state index contributed by atoms with van der Waals surface area (Å²) in [5, 5.41) is 9.85. The summed E-state index contributed by atoms with van der Waals surface area (Å²) in [6.07, 6.45) is 0. The first-order valence-electron chi connectivity index (χ1n) is 9.86. The number of phenols is 1. The van der Waals surface area contributed by atoms with Gasteiger partial charge in [-0.15, -0.1) is 0 Å². The van der Waals surface area contributed by atoms with E-state index in [0.717, 1.165) is 5.56 Å². The van der Waals surface area contributed by atoms with Crippen LogP contribution in [0.5, 0.6) is 5.75 Å². The van der Waals surface area contributed by atoms with Crippen LogP contribution in [-0.2, 0) is 0 Å². The SMILES string of the molecule is Oc1ccc(C(c2ccccc2)C(c2ccccc2)C(S)c2ccccc2)cc1. The Kier molecular flexibility index (Phi) is 6.02. The summed E-state index contributed by atoms with van der Waals surface area (Å²) in [6, 6.07) is 39.2. The molecule has 3 unspecified atom stereocenters. The van der Waals surface area contributed by atoms with Crippen molar-refractivity contribution in [2.75, 3.05) is 0 Å². The van der Waals surface area contributed by atoms with Crippen LogP contribution in [-0.4, -0.2) is 5.11 Å². The third-order valence-electron chi connectivity index (χ3n) is 5.44. The number of rotatable bonds is 6. The molecule has 1 N–H and O–H groups in total. The highest BCUT2D eigenvalue weighted by atomic mass is 32.1. The van der Waals surface area contributed by atoms with Gasteiger partial charge in [-0.1, -0.05) is 103 Å². The minimum absolute atomic E-state index is 0.0117. The summed E-state index contributed by atoms with van der Waals surface area (Å²) in [5.74, 6) is 0.498. The van der Waals surface area contributed by atoms with Crippen LogP contribution >= 0.6 is 12.6 Å². The zero-order valence-electron chi connectivity index (χ0n) is 16.1. The van der Waals surface area contributed by atoms with E-state index in [4.69, 9.17) is 12.6 Å². The Hall–Kier alpha value is -2.97. The molecule has 29 heavy (non-hydrogen) atoms. The highest BCUT2D eigenvalue weighted by Crippen LogP contribution is 2.48. The molecule has 0 radical (unpaired) electrons. The molecule has 0 aliphatic rings. The van der Waals surface area contributed by atoms with E-state index >= 15 is 0 Å². The van der Waals surface area contributed by atoms with Crippen molar-refractivity contribution in [1.29, 1.82) is 0 Å². The summed E-state index contributed by atoms with van der Waals surface area (Å²) in [5.41, 5.74) is 4.85. The molecule has 0 amide bonds. The van der Waals surface area contributed by atoms with Gasteiger partial charge in [-0.25, -0.2) is 0 Å². The van der Waals surface area contributed by atoms with Crippen molar-refractivity contribution < 1.29 is 5.11 Å². The van der Waals surface area contributed by atoms with Gasteiger partial charge >= 0.3 is 0 Å². The van der Waals surface area contributed by atoms with E-state index in [9.17, 15) is 5.11 Å². The van der Waals surface area contributed by atoms with Crippen LogP contribution in [0.1, 0.15) is 39.3 Å². The normalized spacial score (nSPS) is 14.1. The third-order valence-corrected chi connectivity index (χ3v) is 6.06. The van der Waals surface area contributed by atoms with Crippen molar-refractivity contribution in [2.24, 2.45) is 0 Å². The van der Waals surface area contributed by atoms with E-state index in [1.54, 1.807) is 12.1 Å². The van der Waals surface area contributed by atoms with E-state index in [2.05, 4.69) is 78.9 Å². The maximum absolute atomic E-state index is 9.84. The van der Waals surface area contributed by atoms with Crippen LogP contribution in [0, 0.1) is 0 Å². The molecule has 0 fully saturated rings. The number of hydrogen-bond acceptors (Lipinski definition) is 2. The molecule has 4 rings (SSSR count). The molecule has 0 spiro atoms. The molecule has 1 nitrogen and oxygen atoms in total. The fraction of sp³-hybridized carbons (Fsp3) is 0.111. The van der Waals surface area contributed by atoms with Gasteiger partial charge in [0.25, 0.3) is 0 Å². The second-order valence-corrected chi connectivity index (χ2v) is 7.83. The second kappa shape index (κ2) is 9.02. The number of aromatic hydroxyl groups is 1. The van der Waals surface area contributed by atoms with Gasteiger partial charge in [-0.2, -0.15) is 12.6 Å². The average molecular weight is 397 g/mol. The molecule has 0 saturated heterocycles. The molecular formula is C27H24OS. The van der Waals surface area contributed by atoms with Crippen LogP contribution < -0.4 is 0 Å². The number of thiol groups is 1. The minimum atomic E-state index is 0.0117. The van der Waals surface area contributed by atoms with E-state index in [-0.39, 0.29) is 22.8 Å². The quantitative estimate of drug-likeness (QED) is 0.337. The lowest BCUT2D eigenvalue weighted by atomic mass is 9.74. The summed E-state index contributed by atoms with van der Waals surface area (Å²) >= 11 is 5.14. The van der Waals surface area contributed by atoms with Crippen molar-refractivity contribution in [2.45, 2.75) is 17.1 Å². The number of benzene rings is 4. The molecule has 4 aromatic carbocycles. The van der Waals surface area contributed by atoms with Gasteiger partial charge in [0.05, 0.1) is 0 Å². The molecule has 3 atom stereocenters. The number of hydrogen-bond donors (Lipinski definition) is 2. The van der Waals surface area contributed by atoms with Gasteiger partial charge in [0.1, 0.15) is 5.75 Å². The van der Waals surface area contributed by atoms with Gasteiger partial charge in [0.2, 0.25) is 0 Å². The molecule has 0 heterocycles. The molecule has 0 saturated carbocycles. The molecule has 4 aromatic rings. The van der Waals surface area contributed by atoms with Crippen molar-refractivity contribution >= 4 is 12.6 Å². The fourth-order valence-electron chi connectivity index (χ4n) is 4.04. The van der Waals surface area contributed by atoms with Gasteiger partial charge in [0, 0.05) is 17.1 Å². The van der Waals surface area contributed by atoms with Crippen LogP contribution in [0.2, 0.25) is 0 Å². The van der Waals surface area contributed by atoms with Gasteiger partial charge in [-0.3, -0.25) is 0 Å². The van der Waals surface area contributed by atoms with Crippen LogP contribution in [0.4, 0.5) is 0 Å².